The van der Waals surface area contributed by atoms with E-state index in [1.54, 1.807) is 20.0 Å². The molecule has 3 nitrogen and oxygen atoms in total. The van der Waals surface area contributed by atoms with Gasteiger partial charge >= 0.3 is 0 Å². The Bertz CT molecular complexity index is 730. The molecule has 0 bridgehead atoms. The third kappa shape index (κ3) is 4.54. The molecule has 0 spiro atoms. The predicted octanol–water partition coefficient (Wildman–Crippen LogP) is 5.89. The van der Waals surface area contributed by atoms with Crippen LogP contribution in [0, 0.1) is 18.3 Å². The fraction of sp³-hybridized carbons (Fsp3) is 0.333. The molecule has 0 saturated carbocycles. The minimum absolute atomic E-state index is 0.134. The smallest absolute Gasteiger partial charge is 0.0988 e. The Morgan fingerprint density at radius 2 is 1.96 bits per heavy atom. The highest BCUT2D eigenvalue weighted by molar-refractivity contribution is 6.21. The summed E-state index contributed by atoms with van der Waals surface area (Å²) >= 11 is 0. The lowest BCUT2D eigenvalue weighted by atomic mass is 9.93. The second kappa shape index (κ2) is 8.44. The van der Waals surface area contributed by atoms with Crippen LogP contribution >= 0.6 is 0 Å². The van der Waals surface area contributed by atoms with Gasteiger partial charge in [0.1, 0.15) is 0 Å². The molecular formula is C21H28N2O. The maximum atomic E-state index is 9.87. The fourth-order valence-electron chi connectivity index (χ4n) is 2.72. The van der Waals surface area contributed by atoms with Crippen molar-refractivity contribution < 1.29 is 5.11 Å². The van der Waals surface area contributed by atoms with Gasteiger partial charge in [-0.25, -0.2) is 0 Å². The molecule has 2 N–H and O–H groups in total. The van der Waals surface area contributed by atoms with Crippen LogP contribution in [-0.2, 0) is 0 Å². The number of aromatic nitrogens is 1. The van der Waals surface area contributed by atoms with E-state index in [4.69, 9.17) is 5.41 Å². The normalized spacial score (nSPS) is 13.8. The molecule has 0 fully saturated rings. The van der Waals surface area contributed by atoms with E-state index in [0.717, 1.165) is 28.0 Å². The van der Waals surface area contributed by atoms with Crippen LogP contribution in [0.25, 0.3) is 11.1 Å². The molecule has 1 aromatic heterocycles. The van der Waals surface area contributed by atoms with Gasteiger partial charge in [0.15, 0.2) is 0 Å². The Morgan fingerprint density at radius 3 is 2.33 bits per heavy atom. The Balaban J connectivity index is 3.55. The summed E-state index contributed by atoms with van der Waals surface area (Å²) in [5.74, 6) is 0.518. The van der Waals surface area contributed by atoms with E-state index in [2.05, 4.69) is 31.5 Å². The Kier molecular flexibility index (Phi) is 6.90. The average molecular weight is 324 g/mol. The summed E-state index contributed by atoms with van der Waals surface area (Å²) in [6.45, 7) is 15.4. The molecule has 0 aromatic carbocycles. The molecule has 3 heteroatoms. The summed E-state index contributed by atoms with van der Waals surface area (Å²) in [5, 5.41) is 17.7. The first-order valence-corrected chi connectivity index (χ1v) is 8.16. The van der Waals surface area contributed by atoms with Gasteiger partial charge in [-0.15, -0.1) is 0 Å². The maximum Gasteiger partial charge on any atom is 0.0988 e. The van der Waals surface area contributed by atoms with Gasteiger partial charge in [-0.3, -0.25) is 4.98 Å². The maximum absolute atomic E-state index is 9.87. The van der Waals surface area contributed by atoms with Crippen molar-refractivity contribution in [1.82, 2.24) is 4.98 Å². The monoisotopic (exact) mass is 324 g/mol. The molecular weight excluding hydrogens is 296 g/mol. The molecule has 0 aliphatic carbocycles. The Hall–Kier alpha value is -2.42. The van der Waals surface area contributed by atoms with E-state index in [1.807, 2.05) is 32.1 Å². The highest BCUT2D eigenvalue weighted by Crippen LogP contribution is 2.29. The Labute approximate surface area is 145 Å². The van der Waals surface area contributed by atoms with Crippen molar-refractivity contribution in [2.75, 3.05) is 0 Å². The van der Waals surface area contributed by atoms with Gasteiger partial charge in [-0.05, 0) is 50.8 Å². The summed E-state index contributed by atoms with van der Waals surface area (Å²) in [5.41, 5.74) is 5.62. The van der Waals surface area contributed by atoms with Crippen LogP contribution in [-0.4, -0.2) is 15.8 Å². The molecule has 0 aliphatic rings. The first-order chi connectivity index (χ1) is 11.2. The second-order valence-corrected chi connectivity index (χ2v) is 6.25. The van der Waals surface area contributed by atoms with Crippen molar-refractivity contribution in [2.45, 2.75) is 41.5 Å². The highest BCUT2D eigenvalue weighted by Gasteiger charge is 2.14. The topological polar surface area (TPSA) is 57.0 Å². The number of allylic oxidation sites excluding steroid dienone is 7. The van der Waals surface area contributed by atoms with Gasteiger partial charge in [-0.1, -0.05) is 38.7 Å². The number of rotatable bonds is 6. The summed E-state index contributed by atoms with van der Waals surface area (Å²) < 4.78 is 0. The molecule has 0 unspecified atom stereocenters. The molecule has 24 heavy (non-hydrogen) atoms. The van der Waals surface area contributed by atoms with Crippen LogP contribution in [0.5, 0.6) is 0 Å². The van der Waals surface area contributed by atoms with Gasteiger partial charge in [0, 0.05) is 28.6 Å². The lowest BCUT2D eigenvalue weighted by Gasteiger charge is -2.15. The number of aliphatic hydroxyl groups excluding tert-OH is 1. The third-order valence-corrected chi connectivity index (χ3v) is 3.70. The van der Waals surface area contributed by atoms with Crippen molar-refractivity contribution in [1.29, 1.82) is 5.41 Å². The zero-order valence-corrected chi connectivity index (χ0v) is 15.6. The third-order valence-electron chi connectivity index (χ3n) is 3.70. The molecule has 0 radical (unpaired) electrons. The standard InChI is InChI=1S/C21H28N2O/c1-8-17(9-2)19(10-13(3)4)21-14(5)11-18(12-23-21)20(15(6)22)16(7)24/h8-13,22,24H,1H2,2-7H3/b17-9+,19-10-,20-16+,22-15?. The molecule has 0 aliphatic heterocycles. The zero-order valence-electron chi connectivity index (χ0n) is 15.6. The molecule has 1 heterocycles. The molecule has 128 valence electrons. The van der Waals surface area contributed by atoms with Gasteiger partial charge in [-0.2, -0.15) is 0 Å². The molecule has 0 saturated heterocycles. The molecule has 0 atom stereocenters. The SMILES string of the molecule is C=CC(=C\C)/C(=C/C(C)C)c1ncc(/C(C(C)=N)=C(\C)O)cc1C. The number of aliphatic hydroxyl groups is 1. The predicted molar refractivity (Wildman–Crippen MR) is 104 cm³/mol. The molecule has 1 aromatic rings. The number of nitrogens with one attached hydrogen (secondary N) is 1. The second-order valence-electron chi connectivity index (χ2n) is 6.25. The lowest BCUT2D eigenvalue weighted by Crippen LogP contribution is -2.03. The van der Waals surface area contributed by atoms with Crippen molar-refractivity contribution >= 4 is 16.9 Å². The number of hydrogen-bond acceptors (Lipinski definition) is 3. The Morgan fingerprint density at radius 1 is 1.33 bits per heavy atom. The minimum atomic E-state index is 0.134. The molecule has 1 rings (SSSR count). The quantitative estimate of drug-likeness (QED) is 0.389. The van der Waals surface area contributed by atoms with Crippen molar-refractivity contribution in [3.05, 3.63) is 65.2 Å². The van der Waals surface area contributed by atoms with Crippen LogP contribution in [0.1, 0.15) is 51.4 Å². The van der Waals surface area contributed by atoms with E-state index >= 15 is 0 Å². The number of hydrogen-bond donors (Lipinski definition) is 2. The van der Waals surface area contributed by atoms with Crippen LogP contribution < -0.4 is 0 Å². The van der Waals surface area contributed by atoms with E-state index in [-0.39, 0.29) is 5.76 Å². The number of aryl methyl sites for hydroxylation is 1. The first kappa shape index (κ1) is 19.6. The fourth-order valence-corrected chi connectivity index (χ4v) is 2.72. The largest absolute Gasteiger partial charge is 0.512 e. The van der Waals surface area contributed by atoms with E-state index in [0.29, 0.717) is 17.2 Å². The van der Waals surface area contributed by atoms with Crippen LogP contribution in [0.15, 0.2) is 48.4 Å². The van der Waals surface area contributed by atoms with E-state index in [1.165, 1.54) is 0 Å². The van der Waals surface area contributed by atoms with Gasteiger partial charge in [0.2, 0.25) is 0 Å². The van der Waals surface area contributed by atoms with Crippen molar-refractivity contribution in [3.63, 3.8) is 0 Å². The summed E-state index contributed by atoms with van der Waals surface area (Å²) in [4.78, 5) is 4.64. The summed E-state index contributed by atoms with van der Waals surface area (Å²) in [7, 11) is 0. The van der Waals surface area contributed by atoms with Crippen molar-refractivity contribution in [3.8, 4) is 0 Å². The highest BCUT2D eigenvalue weighted by atomic mass is 16.3. The van der Waals surface area contributed by atoms with E-state index in [9.17, 15) is 5.11 Å². The number of pyridine rings is 1. The lowest BCUT2D eigenvalue weighted by molar-refractivity contribution is 0.418. The van der Waals surface area contributed by atoms with Crippen molar-refractivity contribution in [2.24, 2.45) is 5.92 Å². The van der Waals surface area contributed by atoms with E-state index < -0.39 is 0 Å². The van der Waals surface area contributed by atoms with Gasteiger partial charge in [0.05, 0.1) is 11.5 Å². The van der Waals surface area contributed by atoms with Crippen LogP contribution in [0.2, 0.25) is 0 Å². The summed E-state index contributed by atoms with van der Waals surface area (Å²) in [6, 6.07) is 1.97. The minimum Gasteiger partial charge on any atom is -0.512 e. The first-order valence-electron chi connectivity index (χ1n) is 8.16. The van der Waals surface area contributed by atoms with Gasteiger partial charge in [0.25, 0.3) is 0 Å². The molecule has 0 amide bonds. The number of nitrogens with zero attached hydrogens (tertiary/aromatic N) is 1. The average Bonchev–Trinajstić information content (AvgIpc) is 2.46. The van der Waals surface area contributed by atoms with Crippen LogP contribution in [0.4, 0.5) is 0 Å². The summed E-state index contributed by atoms with van der Waals surface area (Å²) in [6.07, 6.45) is 7.78. The zero-order chi connectivity index (χ0) is 18.4. The van der Waals surface area contributed by atoms with Crippen LogP contribution in [0.3, 0.4) is 0 Å². The van der Waals surface area contributed by atoms with Gasteiger partial charge < -0.3 is 10.5 Å².